The van der Waals surface area contributed by atoms with Crippen LogP contribution in [0.25, 0.3) is 0 Å². The minimum absolute atomic E-state index is 0.630. The molecule has 1 aromatic carbocycles. The molecule has 1 fully saturated rings. The third-order valence-corrected chi connectivity index (χ3v) is 3.99. The minimum Gasteiger partial charge on any atom is -0.496 e. The largest absolute Gasteiger partial charge is 0.496 e. The summed E-state index contributed by atoms with van der Waals surface area (Å²) in [7, 11) is 3.80. The summed E-state index contributed by atoms with van der Waals surface area (Å²) in [4.78, 5) is 9.04. The first-order valence-corrected chi connectivity index (χ1v) is 7.75. The highest BCUT2D eigenvalue weighted by atomic mass is 16.5. The van der Waals surface area contributed by atoms with Gasteiger partial charge in [0.15, 0.2) is 5.82 Å². The number of ether oxygens (including phenoxy) is 1. The van der Waals surface area contributed by atoms with Crippen LogP contribution in [0.1, 0.15) is 5.56 Å². The summed E-state index contributed by atoms with van der Waals surface area (Å²) in [5, 5.41) is 11.5. The van der Waals surface area contributed by atoms with Crippen molar-refractivity contribution in [3.63, 3.8) is 0 Å². The van der Waals surface area contributed by atoms with Gasteiger partial charge in [-0.3, -0.25) is 0 Å². The van der Waals surface area contributed by atoms with E-state index in [0.717, 1.165) is 43.3 Å². The fourth-order valence-electron chi connectivity index (χ4n) is 2.55. The number of methoxy groups -OCH3 is 1. The predicted molar refractivity (Wildman–Crippen MR) is 89.9 cm³/mol. The van der Waals surface area contributed by atoms with Crippen molar-refractivity contribution in [1.82, 2.24) is 20.1 Å². The molecule has 0 saturated carbocycles. The molecule has 1 aliphatic heterocycles. The quantitative estimate of drug-likeness (QED) is 0.890. The SMILES string of the molecule is COc1ccccc1CNc1cnnc(N2CCN(C)CC2)n1. The lowest BCUT2D eigenvalue weighted by molar-refractivity contribution is 0.311. The molecule has 7 heteroatoms. The van der Waals surface area contributed by atoms with Gasteiger partial charge in [-0.25, -0.2) is 0 Å². The Hall–Kier alpha value is -2.41. The lowest BCUT2D eigenvalue weighted by atomic mass is 10.2. The van der Waals surface area contributed by atoms with E-state index >= 15 is 0 Å². The van der Waals surface area contributed by atoms with E-state index in [1.807, 2.05) is 24.3 Å². The third kappa shape index (κ3) is 3.87. The topological polar surface area (TPSA) is 66.4 Å². The van der Waals surface area contributed by atoms with Crippen molar-refractivity contribution in [1.29, 1.82) is 0 Å². The first kappa shape index (κ1) is 15.5. The van der Waals surface area contributed by atoms with Gasteiger partial charge in [-0.15, -0.1) is 5.10 Å². The fourth-order valence-corrected chi connectivity index (χ4v) is 2.55. The van der Waals surface area contributed by atoms with E-state index in [2.05, 4.69) is 37.3 Å². The second kappa shape index (κ2) is 7.23. The molecule has 0 amide bonds. The maximum Gasteiger partial charge on any atom is 0.247 e. The highest BCUT2D eigenvalue weighted by Gasteiger charge is 2.17. The maximum atomic E-state index is 5.36. The second-order valence-electron chi connectivity index (χ2n) is 5.60. The molecule has 0 radical (unpaired) electrons. The Labute approximate surface area is 136 Å². The third-order valence-electron chi connectivity index (χ3n) is 3.99. The van der Waals surface area contributed by atoms with Crippen molar-refractivity contribution in [3.8, 4) is 5.75 Å². The minimum atomic E-state index is 0.630. The van der Waals surface area contributed by atoms with Gasteiger partial charge in [0.25, 0.3) is 0 Å². The summed E-state index contributed by atoms with van der Waals surface area (Å²) in [5.74, 6) is 2.27. The summed E-state index contributed by atoms with van der Waals surface area (Å²) in [6.07, 6.45) is 1.65. The number of rotatable bonds is 5. The van der Waals surface area contributed by atoms with Gasteiger partial charge in [0, 0.05) is 38.3 Å². The van der Waals surface area contributed by atoms with Crippen LogP contribution in [0.3, 0.4) is 0 Å². The van der Waals surface area contributed by atoms with Crippen molar-refractivity contribution in [3.05, 3.63) is 36.0 Å². The van der Waals surface area contributed by atoms with Gasteiger partial charge in [0.05, 0.1) is 13.3 Å². The normalized spacial score (nSPS) is 15.5. The second-order valence-corrected chi connectivity index (χ2v) is 5.60. The smallest absolute Gasteiger partial charge is 0.247 e. The number of benzene rings is 1. The van der Waals surface area contributed by atoms with Crippen LogP contribution in [-0.4, -0.2) is 60.4 Å². The van der Waals surface area contributed by atoms with Crippen molar-refractivity contribution in [2.24, 2.45) is 0 Å². The van der Waals surface area contributed by atoms with Crippen LogP contribution >= 0.6 is 0 Å². The zero-order chi connectivity index (χ0) is 16.1. The number of nitrogens with one attached hydrogen (secondary N) is 1. The van der Waals surface area contributed by atoms with Crippen molar-refractivity contribution >= 4 is 11.8 Å². The number of hydrogen-bond acceptors (Lipinski definition) is 7. The number of nitrogens with zero attached hydrogens (tertiary/aromatic N) is 5. The lowest BCUT2D eigenvalue weighted by Gasteiger charge is -2.32. The summed E-state index contributed by atoms with van der Waals surface area (Å²) >= 11 is 0. The molecular weight excluding hydrogens is 292 g/mol. The molecule has 3 rings (SSSR count). The molecule has 122 valence electrons. The first-order valence-electron chi connectivity index (χ1n) is 7.75. The van der Waals surface area contributed by atoms with Crippen LogP contribution in [0.5, 0.6) is 5.75 Å². The Morgan fingerprint density at radius 2 is 1.96 bits per heavy atom. The van der Waals surface area contributed by atoms with Gasteiger partial charge in [0.1, 0.15) is 5.75 Å². The van der Waals surface area contributed by atoms with E-state index in [1.165, 1.54) is 0 Å². The predicted octanol–water partition coefficient (Wildman–Crippen LogP) is 1.24. The van der Waals surface area contributed by atoms with E-state index in [9.17, 15) is 0 Å². The lowest BCUT2D eigenvalue weighted by Crippen LogP contribution is -2.45. The van der Waals surface area contributed by atoms with E-state index in [1.54, 1.807) is 13.3 Å². The molecule has 0 atom stereocenters. The average molecular weight is 314 g/mol. The summed E-state index contributed by atoms with van der Waals surface area (Å²) in [6.45, 7) is 4.51. The molecule has 1 aliphatic rings. The Kier molecular flexibility index (Phi) is 4.87. The Morgan fingerprint density at radius 1 is 1.17 bits per heavy atom. The Morgan fingerprint density at radius 3 is 2.74 bits per heavy atom. The molecule has 2 heterocycles. The van der Waals surface area contributed by atoms with Gasteiger partial charge in [-0.1, -0.05) is 18.2 Å². The van der Waals surface area contributed by atoms with Gasteiger partial charge < -0.3 is 19.9 Å². The number of piperazine rings is 1. The number of anilines is 2. The monoisotopic (exact) mass is 314 g/mol. The van der Waals surface area contributed by atoms with Crippen LogP contribution in [-0.2, 0) is 6.54 Å². The van der Waals surface area contributed by atoms with Gasteiger partial charge in [0.2, 0.25) is 5.95 Å². The highest BCUT2D eigenvalue weighted by Crippen LogP contribution is 2.19. The average Bonchev–Trinajstić information content (AvgIpc) is 2.61. The van der Waals surface area contributed by atoms with E-state index < -0.39 is 0 Å². The van der Waals surface area contributed by atoms with Crippen LogP contribution in [0, 0.1) is 0 Å². The molecule has 2 aromatic rings. The van der Waals surface area contributed by atoms with E-state index in [-0.39, 0.29) is 0 Å². The van der Waals surface area contributed by atoms with Crippen LogP contribution < -0.4 is 15.0 Å². The molecule has 1 saturated heterocycles. The molecule has 7 nitrogen and oxygen atoms in total. The molecular formula is C16H22N6O. The maximum absolute atomic E-state index is 5.36. The molecule has 1 N–H and O–H groups in total. The van der Waals surface area contributed by atoms with E-state index in [4.69, 9.17) is 4.74 Å². The summed E-state index contributed by atoms with van der Waals surface area (Å²) in [5.41, 5.74) is 1.08. The molecule has 0 unspecified atom stereocenters. The number of para-hydroxylation sites is 1. The zero-order valence-corrected chi connectivity index (χ0v) is 13.6. The molecule has 23 heavy (non-hydrogen) atoms. The highest BCUT2D eigenvalue weighted by molar-refractivity contribution is 5.42. The van der Waals surface area contributed by atoms with Gasteiger partial charge in [-0.05, 0) is 13.1 Å². The molecule has 0 aliphatic carbocycles. The zero-order valence-electron chi connectivity index (χ0n) is 13.6. The van der Waals surface area contributed by atoms with Crippen molar-refractivity contribution in [2.45, 2.75) is 6.54 Å². The molecule has 1 aromatic heterocycles. The molecule has 0 spiro atoms. The first-order chi connectivity index (χ1) is 11.3. The summed E-state index contributed by atoms with van der Waals surface area (Å²) in [6, 6.07) is 7.93. The van der Waals surface area contributed by atoms with Crippen LogP contribution in [0.15, 0.2) is 30.5 Å². The Bertz CT molecular complexity index is 642. The van der Waals surface area contributed by atoms with Gasteiger partial charge in [-0.2, -0.15) is 10.1 Å². The number of aromatic nitrogens is 3. The van der Waals surface area contributed by atoms with Gasteiger partial charge >= 0.3 is 0 Å². The van der Waals surface area contributed by atoms with Crippen LogP contribution in [0.4, 0.5) is 11.8 Å². The van der Waals surface area contributed by atoms with Crippen molar-refractivity contribution < 1.29 is 4.74 Å². The number of hydrogen-bond donors (Lipinski definition) is 1. The van der Waals surface area contributed by atoms with E-state index in [0.29, 0.717) is 12.5 Å². The standard InChI is InChI=1S/C16H22N6O/c1-21-7-9-22(10-8-21)16-19-15(12-18-20-16)17-11-13-5-3-4-6-14(13)23-2/h3-6,12H,7-11H2,1-2H3,(H,17,19,20). The van der Waals surface area contributed by atoms with Crippen LogP contribution in [0.2, 0.25) is 0 Å². The van der Waals surface area contributed by atoms with Crippen molar-refractivity contribution in [2.75, 3.05) is 50.6 Å². The number of likely N-dealkylation sites (N-methyl/N-ethyl adjacent to an activating group) is 1. The Balaban J connectivity index is 1.66. The fraction of sp³-hybridized carbons (Fsp3) is 0.438. The molecule has 0 bridgehead atoms. The summed E-state index contributed by atoms with van der Waals surface area (Å²) < 4.78 is 5.36.